The Labute approximate surface area is 169 Å². The molecule has 0 amide bonds. The minimum atomic E-state index is -0.166. The summed E-state index contributed by atoms with van der Waals surface area (Å²) in [5.74, 6) is 1.88. The van der Waals surface area contributed by atoms with Crippen molar-refractivity contribution in [3.8, 4) is 0 Å². The van der Waals surface area contributed by atoms with Gasteiger partial charge in [-0.3, -0.25) is 4.99 Å². The molecule has 1 N–H and O–H groups in total. The Bertz CT molecular complexity index is 632. The molecule has 0 aliphatic carbocycles. The number of ether oxygens (including phenoxy) is 1. The van der Waals surface area contributed by atoms with Gasteiger partial charge in [0.2, 0.25) is 5.89 Å². The predicted octanol–water partition coefficient (Wildman–Crippen LogP) is 3.10. The van der Waals surface area contributed by atoms with E-state index in [9.17, 15) is 0 Å². The third-order valence-electron chi connectivity index (χ3n) is 3.51. The van der Waals surface area contributed by atoms with Crippen molar-refractivity contribution >= 4 is 41.3 Å². The standard InChI is InChI=1S/C16H25N5O2S.HI/c1-5-22-12(2)15-19-14(23-20-15)11-18-16(17-3)21(4)9-8-13-7-6-10-24-13;/h6-7,10,12H,5,8-9,11H2,1-4H3,(H,17,18);1H. The summed E-state index contributed by atoms with van der Waals surface area (Å²) >= 11 is 1.77. The van der Waals surface area contributed by atoms with Gasteiger partial charge in [0, 0.05) is 32.1 Å². The predicted molar refractivity (Wildman–Crippen MR) is 111 cm³/mol. The summed E-state index contributed by atoms with van der Waals surface area (Å²) in [4.78, 5) is 12.1. The molecule has 0 aliphatic heterocycles. The monoisotopic (exact) mass is 479 g/mol. The molecule has 140 valence electrons. The van der Waals surface area contributed by atoms with Crippen LogP contribution in [0.2, 0.25) is 0 Å². The van der Waals surface area contributed by atoms with Gasteiger partial charge in [0.1, 0.15) is 6.10 Å². The van der Waals surface area contributed by atoms with Crippen molar-refractivity contribution in [2.75, 3.05) is 27.2 Å². The van der Waals surface area contributed by atoms with Gasteiger partial charge in [-0.25, -0.2) is 0 Å². The van der Waals surface area contributed by atoms with E-state index in [-0.39, 0.29) is 30.1 Å². The summed E-state index contributed by atoms with van der Waals surface area (Å²) in [5, 5.41) is 9.29. The molecule has 2 heterocycles. The lowest BCUT2D eigenvalue weighted by molar-refractivity contribution is 0.0683. The molecule has 0 saturated heterocycles. The molecule has 1 unspecified atom stereocenters. The number of hydrogen-bond acceptors (Lipinski definition) is 6. The number of likely N-dealkylation sites (N-methyl/N-ethyl adjacent to an activating group) is 1. The summed E-state index contributed by atoms with van der Waals surface area (Å²) in [6.45, 7) is 5.78. The van der Waals surface area contributed by atoms with E-state index < -0.39 is 0 Å². The van der Waals surface area contributed by atoms with Gasteiger partial charge in [-0.05, 0) is 31.7 Å². The number of nitrogens with zero attached hydrogens (tertiary/aromatic N) is 4. The van der Waals surface area contributed by atoms with E-state index in [1.807, 2.05) is 20.9 Å². The van der Waals surface area contributed by atoms with Crippen LogP contribution in [0.15, 0.2) is 27.0 Å². The second-order valence-electron chi connectivity index (χ2n) is 5.30. The third-order valence-corrected chi connectivity index (χ3v) is 4.45. The maximum atomic E-state index is 5.46. The Kier molecular flexibility index (Phi) is 9.98. The lowest BCUT2D eigenvalue weighted by atomic mass is 10.3. The zero-order chi connectivity index (χ0) is 17.4. The Morgan fingerprint density at radius 2 is 2.32 bits per heavy atom. The molecule has 0 radical (unpaired) electrons. The van der Waals surface area contributed by atoms with Crippen molar-refractivity contribution in [1.29, 1.82) is 0 Å². The van der Waals surface area contributed by atoms with E-state index in [0.717, 1.165) is 18.9 Å². The Balaban J connectivity index is 0.00000312. The maximum Gasteiger partial charge on any atom is 0.246 e. The lowest BCUT2D eigenvalue weighted by Crippen LogP contribution is -2.39. The molecule has 2 aromatic heterocycles. The van der Waals surface area contributed by atoms with Gasteiger partial charge in [-0.2, -0.15) is 4.98 Å². The first kappa shape index (κ1) is 21.8. The zero-order valence-electron chi connectivity index (χ0n) is 15.1. The average Bonchev–Trinajstić information content (AvgIpc) is 3.25. The van der Waals surface area contributed by atoms with E-state index >= 15 is 0 Å². The molecule has 0 spiro atoms. The maximum absolute atomic E-state index is 5.46. The highest BCUT2D eigenvalue weighted by Crippen LogP contribution is 2.12. The topological polar surface area (TPSA) is 75.8 Å². The van der Waals surface area contributed by atoms with Crippen LogP contribution in [0.1, 0.15) is 36.5 Å². The molecule has 0 fully saturated rings. The fourth-order valence-corrected chi connectivity index (χ4v) is 2.91. The Morgan fingerprint density at radius 1 is 1.52 bits per heavy atom. The first-order chi connectivity index (χ1) is 11.6. The normalized spacial score (nSPS) is 12.6. The largest absolute Gasteiger partial charge is 0.371 e. The number of thiophene rings is 1. The smallest absolute Gasteiger partial charge is 0.246 e. The zero-order valence-corrected chi connectivity index (χ0v) is 18.2. The van der Waals surface area contributed by atoms with Crippen LogP contribution in [0, 0.1) is 0 Å². The quantitative estimate of drug-likeness (QED) is 0.356. The average molecular weight is 479 g/mol. The van der Waals surface area contributed by atoms with Gasteiger partial charge in [0.05, 0.1) is 6.54 Å². The van der Waals surface area contributed by atoms with Crippen molar-refractivity contribution < 1.29 is 9.26 Å². The molecular formula is C16H26IN5O2S. The molecule has 2 rings (SSSR count). The van der Waals surface area contributed by atoms with E-state index in [0.29, 0.717) is 24.9 Å². The number of aliphatic imine (C=N–C) groups is 1. The van der Waals surface area contributed by atoms with Gasteiger partial charge in [-0.1, -0.05) is 11.2 Å². The first-order valence-electron chi connectivity index (χ1n) is 8.02. The summed E-state index contributed by atoms with van der Waals surface area (Å²) in [6, 6.07) is 4.22. The number of aromatic nitrogens is 2. The van der Waals surface area contributed by atoms with Crippen LogP contribution in [0.25, 0.3) is 0 Å². The van der Waals surface area contributed by atoms with Crippen molar-refractivity contribution in [2.24, 2.45) is 4.99 Å². The molecule has 0 aliphatic rings. The van der Waals surface area contributed by atoms with Crippen LogP contribution in [0.3, 0.4) is 0 Å². The summed E-state index contributed by atoms with van der Waals surface area (Å²) < 4.78 is 10.7. The Morgan fingerprint density at radius 3 is 2.96 bits per heavy atom. The van der Waals surface area contributed by atoms with Gasteiger partial charge in [-0.15, -0.1) is 35.3 Å². The highest BCUT2D eigenvalue weighted by molar-refractivity contribution is 14.0. The highest BCUT2D eigenvalue weighted by Gasteiger charge is 2.14. The molecule has 7 nitrogen and oxygen atoms in total. The van der Waals surface area contributed by atoms with E-state index in [2.05, 4.69) is 42.9 Å². The van der Waals surface area contributed by atoms with Crippen molar-refractivity contribution in [3.63, 3.8) is 0 Å². The number of rotatable bonds is 8. The lowest BCUT2D eigenvalue weighted by Gasteiger charge is -2.21. The molecule has 2 aromatic rings. The fraction of sp³-hybridized carbons (Fsp3) is 0.562. The SMILES string of the molecule is CCOC(C)c1noc(CNC(=NC)N(C)CCc2cccs2)n1.I. The molecular weight excluding hydrogens is 453 g/mol. The fourth-order valence-electron chi connectivity index (χ4n) is 2.21. The van der Waals surface area contributed by atoms with Gasteiger partial charge >= 0.3 is 0 Å². The number of guanidine groups is 1. The van der Waals surface area contributed by atoms with Crippen molar-refractivity contribution in [1.82, 2.24) is 20.4 Å². The number of hydrogen-bond donors (Lipinski definition) is 1. The number of nitrogens with one attached hydrogen (secondary N) is 1. The minimum absolute atomic E-state index is 0. The van der Waals surface area contributed by atoms with Crippen LogP contribution in [-0.4, -0.2) is 48.2 Å². The van der Waals surface area contributed by atoms with Gasteiger partial charge < -0.3 is 19.5 Å². The van der Waals surface area contributed by atoms with E-state index in [4.69, 9.17) is 9.26 Å². The van der Waals surface area contributed by atoms with E-state index in [1.54, 1.807) is 18.4 Å². The van der Waals surface area contributed by atoms with Crippen LogP contribution >= 0.6 is 35.3 Å². The second-order valence-corrected chi connectivity index (χ2v) is 6.33. The van der Waals surface area contributed by atoms with Gasteiger partial charge in [0.15, 0.2) is 11.8 Å². The second kappa shape index (κ2) is 11.4. The Hall–Kier alpha value is -1.20. The minimum Gasteiger partial charge on any atom is -0.371 e. The van der Waals surface area contributed by atoms with Crippen molar-refractivity contribution in [2.45, 2.75) is 32.9 Å². The third kappa shape index (κ3) is 6.90. The van der Waals surface area contributed by atoms with Crippen molar-refractivity contribution in [3.05, 3.63) is 34.1 Å². The summed E-state index contributed by atoms with van der Waals surface area (Å²) in [5.41, 5.74) is 0. The van der Waals surface area contributed by atoms with Crippen LogP contribution in [-0.2, 0) is 17.7 Å². The van der Waals surface area contributed by atoms with Crippen LogP contribution < -0.4 is 5.32 Å². The summed E-state index contributed by atoms with van der Waals surface area (Å²) in [7, 11) is 3.78. The molecule has 25 heavy (non-hydrogen) atoms. The van der Waals surface area contributed by atoms with Crippen LogP contribution in [0.5, 0.6) is 0 Å². The molecule has 0 saturated carbocycles. The summed E-state index contributed by atoms with van der Waals surface area (Å²) in [6.07, 6.45) is 0.825. The molecule has 0 bridgehead atoms. The highest BCUT2D eigenvalue weighted by atomic mass is 127. The number of halogens is 1. The molecule has 9 heteroatoms. The molecule has 0 aromatic carbocycles. The van der Waals surface area contributed by atoms with Crippen LogP contribution in [0.4, 0.5) is 0 Å². The van der Waals surface area contributed by atoms with Gasteiger partial charge in [0.25, 0.3) is 0 Å². The van der Waals surface area contributed by atoms with E-state index in [1.165, 1.54) is 4.88 Å². The molecule has 1 atom stereocenters. The first-order valence-corrected chi connectivity index (χ1v) is 8.90.